The number of hydrogen-bond donors (Lipinski definition) is 2. The third-order valence-electron chi connectivity index (χ3n) is 5.18. The largest absolute Gasteiger partial charge is 0.393 e. The molecule has 134 valence electrons. The summed E-state index contributed by atoms with van der Waals surface area (Å²) in [7, 11) is 1.93. The van der Waals surface area contributed by atoms with Crippen molar-refractivity contribution in [3.8, 4) is 0 Å². The molecule has 0 spiro atoms. The molecule has 1 aromatic carbocycles. The van der Waals surface area contributed by atoms with Crippen molar-refractivity contribution in [1.29, 1.82) is 0 Å². The summed E-state index contributed by atoms with van der Waals surface area (Å²) in [6.07, 6.45) is 5.35. The Morgan fingerprint density at radius 1 is 1.31 bits per heavy atom. The van der Waals surface area contributed by atoms with E-state index in [1.54, 1.807) is 12.5 Å². The summed E-state index contributed by atoms with van der Waals surface area (Å²) in [6, 6.07) is 11.3. The summed E-state index contributed by atoms with van der Waals surface area (Å²) in [5.41, 5.74) is 3.34. The van der Waals surface area contributed by atoms with E-state index in [-0.39, 0.29) is 24.0 Å². The van der Waals surface area contributed by atoms with Gasteiger partial charge in [-0.25, -0.2) is 4.98 Å². The Hall–Kier alpha value is -2.73. The van der Waals surface area contributed by atoms with Gasteiger partial charge in [0.1, 0.15) is 0 Å². The highest BCUT2D eigenvalue weighted by Crippen LogP contribution is 2.31. The van der Waals surface area contributed by atoms with Gasteiger partial charge in [0.25, 0.3) is 5.91 Å². The predicted octanol–water partition coefficient (Wildman–Crippen LogP) is 2.08. The molecule has 0 aliphatic heterocycles. The first-order chi connectivity index (χ1) is 12.6. The molecule has 0 unspecified atom stereocenters. The zero-order valence-corrected chi connectivity index (χ0v) is 14.7. The Bertz CT molecular complexity index is 916. The van der Waals surface area contributed by atoms with Gasteiger partial charge in [-0.05, 0) is 49.1 Å². The van der Waals surface area contributed by atoms with Gasteiger partial charge in [0, 0.05) is 37.0 Å². The molecular formula is C20H22N4O2. The van der Waals surface area contributed by atoms with Crippen LogP contribution in [0.15, 0.2) is 48.9 Å². The van der Waals surface area contributed by atoms with Crippen LogP contribution in [-0.4, -0.2) is 37.7 Å². The molecule has 1 aliphatic rings. The molecule has 0 saturated heterocycles. The van der Waals surface area contributed by atoms with Gasteiger partial charge in [0.2, 0.25) is 0 Å². The van der Waals surface area contributed by atoms with Crippen molar-refractivity contribution in [2.24, 2.45) is 13.0 Å². The highest BCUT2D eigenvalue weighted by molar-refractivity contribution is 5.97. The Balaban J connectivity index is 1.52. The summed E-state index contributed by atoms with van der Waals surface area (Å²) in [5, 5.41) is 12.8. The molecule has 1 atom stereocenters. The third kappa shape index (κ3) is 3.32. The number of benzene rings is 1. The van der Waals surface area contributed by atoms with E-state index >= 15 is 0 Å². The number of fused-ring (bicyclic) bond motifs is 1. The minimum atomic E-state index is -0.256. The van der Waals surface area contributed by atoms with Crippen molar-refractivity contribution in [3.63, 3.8) is 0 Å². The fraction of sp³-hybridized carbons (Fsp3) is 0.350. The summed E-state index contributed by atoms with van der Waals surface area (Å²) >= 11 is 0. The molecule has 6 nitrogen and oxygen atoms in total. The van der Waals surface area contributed by atoms with Crippen LogP contribution >= 0.6 is 0 Å². The molecule has 1 fully saturated rings. The van der Waals surface area contributed by atoms with Crippen LogP contribution in [0.5, 0.6) is 0 Å². The highest BCUT2D eigenvalue weighted by atomic mass is 16.3. The van der Waals surface area contributed by atoms with Gasteiger partial charge in [0.15, 0.2) is 0 Å². The van der Waals surface area contributed by atoms with E-state index in [9.17, 15) is 9.90 Å². The van der Waals surface area contributed by atoms with Crippen LogP contribution in [0.1, 0.15) is 28.9 Å². The van der Waals surface area contributed by atoms with Crippen molar-refractivity contribution >= 4 is 16.9 Å². The highest BCUT2D eigenvalue weighted by Gasteiger charge is 2.35. The molecule has 0 bridgehead atoms. The number of amides is 1. The SMILES string of the molecule is Cn1cnc2cc(C(=O)N[C@@H](Cc3ccccn3)C3CC(O)C3)ccc21. The standard InChI is InChI=1S/C20H22N4O2/c1-24-12-22-18-10-13(5-6-19(18)24)20(26)23-17(14-8-16(25)9-14)11-15-4-2-3-7-21-15/h2-7,10,12,14,16-17,25H,8-9,11H2,1H3,(H,23,26)/t14?,16?,17-/m0/s1. The smallest absolute Gasteiger partial charge is 0.251 e. The number of nitrogens with zero attached hydrogens (tertiary/aromatic N) is 3. The second-order valence-corrected chi connectivity index (χ2v) is 7.05. The van der Waals surface area contributed by atoms with Crippen LogP contribution in [0.3, 0.4) is 0 Å². The molecule has 1 aliphatic carbocycles. The molecule has 6 heteroatoms. The van der Waals surface area contributed by atoms with E-state index in [0.717, 1.165) is 29.6 Å². The maximum absolute atomic E-state index is 12.8. The lowest BCUT2D eigenvalue weighted by atomic mass is 9.76. The Labute approximate surface area is 151 Å². The van der Waals surface area contributed by atoms with E-state index < -0.39 is 0 Å². The van der Waals surface area contributed by atoms with E-state index in [1.807, 2.05) is 48.0 Å². The summed E-state index contributed by atoms with van der Waals surface area (Å²) in [6.45, 7) is 0. The number of hydrogen-bond acceptors (Lipinski definition) is 4. The van der Waals surface area contributed by atoms with Crippen LogP contribution in [0, 0.1) is 5.92 Å². The third-order valence-corrected chi connectivity index (χ3v) is 5.18. The Morgan fingerprint density at radius 2 is 2.15 bits per heavy atom. The normalized spacial score (nSPS) is 20.5. The second kappa shape index (κ2) is 6.88. The molecule has 3 aromatic rings. The predicted molar refractivity (Wildman–Crippen MR) is 98.6 cm³/mol. The number of aryl methyl sites for hydroxylation is 1. The number of rotatable bonds is 5. The van der Waals surface area contributed by atoms with E-state index in [0.29, 0.717) is 12.0 Å². The van der Waals surface area contributed by atoms with Crippen molar-refractivity contribution in [1.82, 2.24) is 19.9 Å². The van der Waals surface area contributed by atoms with Gasteiger partial charge < -0.3 is 15.0 Å². The monoisotopic (exact) mass is 350 g/mol. The number of nitrogens with one attached hydrogen (secondary N) is 1. The number of carbonyl (C=O) groups is 1. The van der Waals surface area contributed by atoms with Gasteiger partial charge in [-0.1, -0.05) is 6.07 Å². The van der Waals surface area contributed by atoms with Crippen LogP contribution in [0.4, 0.5) is 0 Å². The summed E-state index contributed by atoms with van der Waals surface area (Å²) < 4.78 is 1.93. The second-order valence-electron chi connectivity index (χ2n) is 7.05. The molecule has 1 saturated carbocycles. The average Bonchev–Trinajstić information content (AvgIpc) is 3.00. The zero-order chi connectivity index (χ0) is 18.1. The van der Waals surface area contributed by atoms with Gasteiger partial charge in [-0.2, -0.15) is 0 Å². The number of pyridine rings is 1. The molecule has 0 radical (unpaired) electrons. The minimum Gasteiger partial charge on any atom is -0.393 e. The van der Waals surface area contributed by atoms with Gasteiger partial charge in [0.05, 0.1) is 23.5 Å². The lowest BCUT2D eigenvalue weighted by Gasteiger charge is -2.38. The molecule has 26 heavy (non-hydrogen) atoms. The quantitative estimate of drug-likeness (QED) is 0.738. The minimum absolute atomic E-state index is 0.0415. The lowest BCUT2D eigenvalue weighted by molar-refractivity contribution is 0.0238. The van der Waals surface area contributed by atoms with E-state index in [2.05, 4.69) is 15.3 Å². The molecule has 2 N–H and O–H groups in total. The number of carbonyl (C=O) groups excluding carboxylic acids is 1. The topological polar surface area (TPSA) is 80.0 Å². The number of imidazole rings is 1. The van der Waals surface area contributed by atoms with Crippen molar-refractivity contribution in [2.75, 3.05) is 0 Å². The van der Waals surface area contributed by atoms with Gasteiger partial charge >= 0.3 is 0 Å². The molecule has 2 heterocycles. The Morgan fingerprint density at radius 3 is 2.88 bits per heavy atom. The lowest BCUT2D eigenvalue weighted by Crippen LogP contribution is -2.48. The molecule has 1 amide bonds. The molecule has 2 aromatic heterocycles. The first kappa shape index (κ1) is 16.7. The van der Waals surface area contributed by atoms with Crippen LogP contribution in [-0.2, 0) is 13.5 Å². The first-order valence-corrected chi connectivity index (χ1v) is 8.90. The van der Waals surface area contributed by atoms with Crippen LogP contribution in [0.25, 0.3) is 11.0 Å². The maximum atomic E-state index is 12.8. The number of aliphatic hydroxyl groups excluding tert-OH is 1. The van der Waals surface area contributed by atoms with Crippen LogP contribution in [0.2, 0.25) is 0 Å². The van der Waals surface area contributed by atoms with Gasteiger partial charge in [-0.3, -0.25) is 9.78 Å². The first-order valence-electron chi connectivity index (χ1n) is 8.90. The zero-order valence-electron chi connectivity index (χ0n) is 14.7. The fourth-order valence-electron chi connectivity index (χ4n) is 3.57. The van der Waals surface area contributed by atoms with Crippen LogP contribution < -0.4 is 5.32 Å². The Kier molecular flexibility index (Phi) is 4.42. The van der Waals surface area contributed by atoms with Crippen molar-refractivity contribution in [2.45, 2.75) is 31.4 Å². The average molecular weight is 350 g/mol. The van der Waals surface area contributed by atoms with E-state index in [4.69, 9.17) is 0 Å². The number of aliphatic hydroxyl groups is 1. The van der Waals surface area contributed by atoms with E-state index in [1.165, 1.54) is 0 Å². The number of aromatic nitrogens is 3. The van der Waals surface area contributed by atoms with Crippen molar-refractivity contribution < 1.29 is 9.90 Å². The molecule has 4 rings (SSSR count). The summed E-state index contributed by atoms with van der Waals surface area (Å²) in [5.74, 6) is 0.161. The summed E-state index contributed by atoms with van der Waals surface area (Å²) in [4.78, 5) is 21.5. The molecular weight excluding hydrogens is 328 g/mol. The van der Waals surface area contributed by atoms with Gasteiger partial charge in [-0.15, -0.1) is 0 Å². The fourth-order valence-corrected chi connectivity index (χ4v) is 3.57. The van der Waals surface area contributed by atoms with Crippen molar-refractivity contribution in [3.05, 3.63) is 60.2 Å². The maximum Gasteiger partial charge on any atom is 0.251 e.